The number of benzene rings is 2. The number of amides is 3. The molecule has 1 saturated heterocycles. The number of nitrogens with zero attached hydrogens (tertiary/aromatic N) is 2. The maximum Gasteiger partial charge on any atom is 0.254 e. The number of fused-ring (bicyclic) bond motifs is 1. The molecule has 2 atom stereocenters. The second kappa shape index (κ2) is 11.4. The minimum atomic E-state index is -0.751. The van der Waals surface area contributed by atoms with Crippen LogP contribution in [0.3, 0.4) is 0 Å². The number of hydrogen-bond donors (Lipinski definition) is 2. The maximum absolute atomic E-state index is 13.6. The Morgan fingerprint density at radius 2 is 1.78 bits per heavy atom. The Morgan fingerprint density at radius 3 is 2.51 bits per heavy atom. The molecule has 37 heavy (non-hydrogen) atoms. The van der Waals surface area contributed by atoms with Crippen molar-refractivity contribution in [3.8, 4) is 0 Å². The van der Waals surface area contributed by atoms with Crippen LogP contribution < -0.4 is 5.32 Å². The number of rotatable bonds is 6. The second-order valence-corrected chi connectivity index (χ2v) is 10.2. The van der Waals surface area contributed by atoms with Gasteiger partial charge in [0.2, 0.25) is 5.91 Å². The van der Waals surface area contributed by atoms with Crippen molar-refractivity contribution in [3.63, 3.8) is 0 Å². The summed E-state index contributed by atoms with van der Waals surface area (Å²) in [7, 11) is 0. The van der Waals surface area contributed by atoms with Gasteiger partial charge in [-0.1, -0.05) is 32.0 Å². The molecule has 1 unspecified atom stereocenters. The number of aromatic amines is 1. The van der Waals surface area contributed by atoms with Crippen LogP contribution in [0.4, 0.5) is 0 Å². The lowest BCUT2D eigenvalue weighted by Crippen LogP contribution is -2.54. The third kappa shape index (κ3) is 6.25. The van der Waals surface area contributed by atoms with Gasteiger partial charge in [-0.05, 0) is 62.1 Å². The summed E-state index contributed by atoms with van der Waals surface area (Å²) in [5.41, 5.74) is 1.94. The van der Waals surface area contributed by atoms with Crippen molar-refractivity contribution >= 4 is 34.4 Å². The van der Waals surface area contributed by atoms with Crippen molar-refractivity contribution in [2.75, 3.05) is 19.6 Å². The number of nitrogens with one attached hydrogen (secondary N) is 2. The van der Waals surface area contributed by atoms with E-state index in [1.54, 1.807) is 41.3 Å². The minimum absolute atomic E-state index is 0.0590. The van der Waals surface area contributed by atoms with E-state index in [1.165, 1.54) is 4.90 Å². The number of H-pyrrole nitrogens is 1. The number of ketones is 1. The highest BCUT2D eigenvalue weighted by molar-refractivity contribution is 6.01. The van der Waals surface area contributed by atoms with Crippen molar-refractivity contribution < 1.29 is 19.2 Å². The SMILES string of the molecule is CC(C)CC(NC(=O)c1ccc2[nH]ccc2c1)C(=O)N1CC[C@H](C)N(C(=O)c2ccccc2)CC(=O)C1. The lowest BCUT2D eigenvalue weighted by molar-refractivity contribution is -0.138. The minimum Gasteiger partial charge on any atom is -0.361 e. The normalized spacial score (nSPS) is 17.4. The summed E-state index contributed by atoms with van der Waals surface area (Å²) in [5, 5.41) is 3.83. The zero-order valence-electron chi connectivity index (χ0n) is 21.6. The van der Waals surface area contributed by atoms with Crippen LogP contribution >= 0.6 is 0 Å². The molecule has 2 N–H and O–H groups in total. The third-order valence-corrected chi connectivity index (χ3v) is 6.78. The number of hydrogen-bond acceptors (Lipinski definition) is 4. The Bertz CT molecular complexity index is 1280. The molecule has 0 spiro atoms. The highest BCUT2D eigenvalue weighted by Gasteiger charge is 2.33. The molecule has 2 heterocycles. The molecule has 0 radical (unpaired) electrons. The molecule has 1 fully saturated rings. The largest absolute Gasteiger partial charge is 0.361 e. The van der Waals surface area contributed by atoms with Crippen LogP contribution in [0.25, 0.3) is 10.9 Å². The van der Waals surface area contributed by atoms with Crippen LogP contribution in [0.15, 0.2) is 60.8 Å². The van der Waals surface area contributed by atoms with Gasteiger partial charge in [0.1, 0.15) is 6.04 Å². The molecule has 0 saturated carbocycles. The van der Waals surface area contributed by atoms with Crippen LogP contribution in [0.2, 0.25) is 0 Å². The molecule has 8 heteroatoms. The molecule has 2 aromatic carbocycles. The molecule has 4 rings (SSSR count). The van der Waals surface area contributed by atoms with Gasteiger partial charge in [0, 0.05) is 40.8 Å². The summed E-state index contributed by atoms with van der Waals surface area (Å²) >= 11 is 0. The summed E-state index contributed by atoms with van der Waals surface area (Å²) in [6.45, 7) is 6.05. The number of Topliss-reactive ketones (excluding diaryl/α,β-unsaturated/α-hetero) is 1. The quantitative estimate of drug-likeness (QED) is 0.537. The van der Waals surface area contributed by atoms with Gasteiger partial charge in [-0.3, -0.25) is 19.2 Å². The maximum atomic E-state index is 13.6. The average molecular weight is 503 g/mol. The Kier molecular flexibility index (Phi) is 8.06. The van der Waals surface area contributed by atoms with Crippen molar-refractivity contribution in [2.45, 2.75) is 45.7 Å². The topological polar surface area (TPSA) is 103 Å². The highest BCUT2D eigenvalue weighted by Crippen LogP contribution is 2.18. The molecule has 194 valence electrons. The Morgan fingerprint density at radius 1 is 1.03 bits per heavy atom. The highest BCUT2D eigenvalue weighted by atomic mass is 16.2. The summed E-state index contributed by atoms with van der Waals surface area (Å²) in [4.78, 5) is 58.9. The van der Waals surface area contributed by atoms with E-state index >= 15 is 0 Å². The van der Waals surface area contributed by atoms with Crippen LogP contribution in [0.5, 0.6) is 0 Å². The van der Waals surface area contributed by atoms with Gasteiger partial charge in [0.05, 0.1) is 13.1 Å². The fourth-order valence-electron chi connectivity index (χ4n) is 4.74. The monoisotopic (exact) mass is 502 g/mol. The second-order valence-electron chi connectivity index (χ2n) is 10.2. The van der Waals surface area contributed by atoms with Crippen molar-refractivity contribution in [1.82, 2.24) is 20.1 Å². The fourth-order valence-corrected chi connectivity index (χ4v) is 4.74. The molecule has 3 aromatic rings. The predicted molar refractivity (Wildman–Crippen MR) is 142 cm³/mol. The third-order valence-electron chi connectivity index (χ3n) is 6.78. The van der Waals surface area contributed by atoms with Gasteiger partial charge in [0.15, 0.2) is 5.78 Å². The molecule has 0 bridgehead atoms. The zero-order chi connectivity index (χ0) is 26.5. The molecule has 8 nitrogen and oxygen atoms in total. The standard InChI is InChI=1S/C29H34N4O4/c1-19(2)15-26(31-27(35)23-9-10-25-22(16-23)11-13-30-25)29(37)32-14-12-20(3)33(18-24(34)17-32)28(36)21-7-5-4-6-8-21/h4-11,13,16,19-20,26,30H,12,14-15,17-18H2,1-3H3,(H,31,35)/t20-,26?/m0/s1. The van der Waals surface area contributed by atoms with Crippen LogP contribution in [-0.2, 0) is 9.59 Å². The lowest BCUT2D eigenvalue weighted by atomic mass is 10.0. The molecule has 0 aliphatic carbocycles. The summed E-state index contributed by atoms with van der Waals surface area (Å²) in [6.07, 6.45) is 2.80. The Hall–Kier alpha value is -3.94. The molecule has 1 aliphatic rings. The number of carbonyl (C=O) groups excluding carboxylic acids is 4. The summed E-state index contributed by atoms with van der Waals surface area (Å²) in [6, 6.07) is 15.2. The van der Waals surface area contributed by atoms with Crippen LogP contribution in [0.1, 0.15) is 54.3 Å². The molecular formula is C29H34N4O4. The lowest BCUT2D eigenvalue weighted by Gasteiger charge is -2.36. The molecule has 3 amide bonds. The molecule has 1 aliphatic heterocycles. The Labute approximate surface area is 217 Å². The van der Waals surface area contributed by atoms with E-state index in [4.69, 9.17) is 0 Å². The molecule has 1 aromatic heterocycles. The van der Waals surface area contributed by atoms with E-state index in [2.05, 4.69) is 10.3 Å². The fraction of sp³-hybridized carbons (Fsp3) is 0.379. The predicted octanol–water partition coefficient (Wildman–Crippen LogP) is 3.64. The number of aromatic nitrogens is 1. The smallest absolute Gasteiger partial charge is 0.254 e. The van der Waals surface area contributed by atoms with E-state index in [1.807, 2.05) is 45.2 Å². The van der Waals surface area contributed by atoms with Crippen molar-refractivity contribution in [2.24, 2.45) is 5.92 Å². The van der Waals surface area contributed by atoms with Gasteiger partial charge >= 0.3 is 0 Å². The van der Waals surface area contributed by atoms with Gasteiger partial charge in [-0.15, -0.1) is 0 Å². The average Bonchev–Trinajstić information content (AvgIpc) is 3.35. The van der Waals surface area contributed by atoms with Crippen molar-refractivity contribution in [1.29, 1.82) is 0 Å². The van der Waals surface area contributed by atoms with Gasteiger partial charge in [-0.2, -0.15) is 0 Å². The first-order chi connectivity index (χ1) is 17.7. The Balaban J connectivity index is 1.46. The van der Waals surface area contributed by atoms with E-state index in [0.717, 1.165) is 10.9 Å². The molecular weight excluding hydrogens is 468 g/mol. The number of carbonyl (C=O) groups is 4. The first-order valence-electron chi connectivity index (χ1n) is 12.8. The summed E-state index contributed by atoms with van der Waals surface area (Å²) in [5.74, 6) is -0.839. The van der Waals surface area contributed by atoms with E-state index in [9.17, 15) is 19.2 Å². The van der Waals surface area contributed by atoms with E-state index < -0.39 is 6.04 Å². The van der Waals surface area contributed by atoms with E-state index in [-0.39, 0.29) is 48.6 Å². The van der Waals surface area contributed by atoms with Gasteiger partial charge in [-0.25, -0.2) is 0 Å². The van der Waals surface area contributed by atoms with Crippen LogP contribution in [0, 0.1) is 5.92 Å². The van der Waals surface area contributed by atoms with Crippen molar-refractivity contribution in [3.05, 3.63) is 71.9 Å². The van der Waals surface area contributed by atoms with Gasteiger partial charge < -0.3 is 20.1 Å². The summed E-state index contributed by atoms with van der Waals surface area (Å²) < 4.78 is 0. The van der Waals surface area contributed by atoms with Gasteiger partial charge in [0.25, 0.3) is 11.8 Å². The zero-order valence-corrected chi connectivity index (χ0v) is 21.6. The van der Waals surface area contributed by atoms with Crippen LogP contribution in [-0.4, -0.2) is 70.0 Å². The first kappa shape index (κ1) is 26.1. The van der Waals surface area contributed by atoms with E-state index in [0.29, 0.717) is 30.5 Å². The first-order valence-corrected chi connectivity index (χ1v) is 12.8.